The minimum atomic E-state index is -0.457. The summed E-state index contributed by atoms with van der Waals surface area (Å²) >= 11 is 0. The number of carbonyl (C=O) groups excluding carboxylic acids is 2. The molecule has 4 aromatic rings. The second kappa shape index (κ2) is 11.1. The number of ether oxygens (including phenoxy) is 1. The van der Waals surface area contributed by atoms with Crippen LogP contribution >= 0.6 is 0 Å². The summed E-state index contributed by atoms with van der Waals surface area (Å²) in [4.78, 5) is 37.9. The molecule has 0 bridgehead atoms. The van der Waals surface area contributed by atoms with Gasteiger partial charge in [0.25, 0.3) is 5.91 Å². The van der Waals surface area contributed by atoms with Gasteiger partial charge in [-0.05, 0) is 48.9 Å². The Morgan fingerprint density at radius 2 is 1.95 bits per heavy atom. The molecule has 10 nitrogen and oxygen atoms in total. The van der Waals surface area contributed by atoms with Gasteiger partial charge in [0.2, 0.25) is 5.91 Å². The summed E-state index contributed by atoms with van der Waals surface area (Å²) in [6.07, 6.45) is 5.05. The number of nitrogens with one attached hydrogen (secondary N) is 2. The third-order valence-corrected chi connectivity index (χ3v) is 6.78. The number of hydrogen-bond donors (Lipinski definition) is 2. The summed E-state index contributed by atoms with van der Waals surface area (Å²) in [5.41, 5.74) is 3.92. The number of anilines is 2. The van der Waals surface area contributed by atoms with Crippen molar-refractivity contribution in [2.24, 2.45) is 0 Å². The highest BCUT2D eigenvalue weighted by Crippen LogP contribution is 2.29. The maximum atomic E-state index is 14.3. The molecule has 2 N–H and O–H groups in total. The van der Waals surface area contributed by atoms with E-state index < -0.39 is 5.82 Å². The summed E-state index contributed by atoms with van der Waals surface area (Å²) < 4.78 is 21.1. The van der Waals surface area contributed by atoms with Crippen LogP contribution in [0.1, 0.15) is 15.9 Å². The Labute approximate surface area is 225 Å². The number of rotatable bonds is 7. The minimum Gasteiger partial charge on any atom is -0.494 e. The predicted octanol–water partition coefficient (Wildman–Crippen LogP) is 3.10. The molecule has 2 aromatic carbocycles. The van der Waals surface area contributed by atoms with Crippen LogP contribution in [-0.2, 0) is 4.79 Å². The van der Waals surface area contributed by atoms with Crippen molar-refractivity contribution in [2.45, 2.75) is 6.92 Å². The van der Waals surface area contributed by atoms with E-state index in [1.165, 1.54) is 18.1 Å². The lowest BCUT2D eigenvalue weighted by Gasteiger charge is -2.29. The summed E-state index contributed by atoms with van der Waals surface area (Å²) in [5.74, 6) is -0.0475. The molecular formula is C28H30FN7O3. The van der Waals surface area contributed by atoms with Crippen molar-refractivity contribution in [2.75, 3.05) is 52.2 Å². The van der Waals surface area contributed by atoms with Gasteiger partial charge in [0, 0.05) is 62.4 Å². The van der Waals surface area contributed by atoms with Crippen LogP contribution < -0.4 is 15.4 Å². The fourth-order valence-corrected chi connectivity index (χ4v) is 4.66. The van der Waals surface area contributed by atoms with E-state index in [1.54, 1.807) is 54.8 Å². The fourth-order valence-electron chi connectivity index (χ4n) is 4.66. The zero-order chi connectivity index (χ0) is 27.5. The van der Waals surface area contributed by atoms with E-state index in [0.29, 0.717) is 41.4 Å². The first-order valence-electron chi connectivity index (χ1n) is 12.6. The molecule has 0 spiro atoms. The zero-order valence-electron chi connectivity index (χ0n) is 22.1. The second-order valence-corrected chi connectivity index (χ2v) is 9.41. The van der Waals surface area contributed by atoms with Crippen molar-refractivity contribution in [3.63, 3.8) is 0 Å². The lowest BCUT2D eigenvalue weighted by Crippen LogP contribution is -2.49. The number of aryl methyl sites for hydroxylation is 1. The molecule has 2 aromatic heterocycles. The van der Waals surface area contributed by atoms with Gasteiger partial charge in [-0.3, -0.25) is 14.0 Å². The minimum absolute atomic E-state index is 0.0322. The normalized spacial score (nSPS) is 13.4. The first kappa shape index (κ1) is 26.1. The topological polar surface area (TPSA) is 104 Å². The van der Waals surface area contributed by atoms with E-state index in [9.17, 15) is 14.0 Å². The lowest BCUT2D eigenvalue weighted by molar-refractivity contribution is -0.132. The Bertz CT molecular complexity index is 1530. The average Bonchev–Trinajstić information content (AvgIpc) is 3.38. The van der Waals surface area contributed by atoms with Gasteiger partial charge in [0.05, 0.1) is 25.5 Å². The van der Waals surface area contributed by atoms with Gasteiger partial charge < -0.3 is 25.2 Å². The van der Waals surface area contributed by atoms with E-state index in [4.69, 9.17) is 4.74 Å². The molecule has 2 amide bonds. The Balaban J connectivity index is 1.32. The van der Waals surface area contributed by atoms with Crippen LogP contribution in [-0.4, -0.2) is 82.9 Å². The molecule has 3 heterocycles. The van der Waals surface area contributed by atoms with Gasteiger partial charge in [-0.15, -0.1) is 0 Å². The van der Waals surface area contributed by atoms with E-state index in [-0.39, 0.29) is 24.1 Å². The number of piperazine rings is 1. The Hall–Kier alpha value is -4.51. The molecule has 39 heavy (non-hydrogen) atoms. The molecule has 202 valence electrons. The molecule has 0 radical (unpaired) electrons. The van der Waals surface area contributed by atoms with Crippen LogP contribution in [0.3, 0.4) is 0 Å². The molecule has 0 atom stereocenters. The number of likely N-dealkylation sites (N-methyl/N-ethyl adjacent to an activating group) is 1. The first-order chi connectivity index (χ1) is 18.9. The quantitative estimate of drug-likeness (QED) is 0.378. The van der Waals surface area contributed by atoms with E-state index in [0.717, 1.165) is 24.3 Å². The average molecular weight is 532 g/mol. The number of hydrogen-bond acceptors (Lipinski definition) is 7. The van der Waals surface area contributed by atoms with E-state index >= 15 is 0 Å². The van der Waals surface area contributed by atoms with Crippen molar-refractivity contribution < 1.29 is 18.7 Å². The maximum Gasteiger partial charge on any atom is 0.254 e. The highest BCUT2D eigenvalue weighted by molar-refractivity contribution is 5.98. The number of amides is 2. The fraction of sp³-hybridized carbons (Fsp3) is 0.286. The standard InChI is InChI=1S/C28H30FN7O3/c1-18-14-20(5-6-21(18)28(38)34(2)17-25(37)35-11-8-30-9-12-35)33-26-27-32-16-23(36(27)13-10-31-26)19-4-7-24(39-3)22(29)15-19/h4-7,10,13-16,30H,8-9,11-12,17H2,1-3H3,(H,31,33). The largest absolute Gasteiger partial charge is 0.494 e. The Morgan fingerprint density at radius 1 is 1.15 bits per heavy atom. The zero-order valence-corrected chi connectivity index (χ0v) is 22.1. The summed E-state index contributed by atoms with van der Waals surface area (Å²) in [6.45, 7) is 4.71. The third kappa shape index (κ3) is 5.39. The third-order valence-electron chi connectivity index (χ3n) is 6.78. The SMILES string of the molecule is COc1ccc(-c2cnc3c(Nc4ccc(C(=O)N(C)CC(=O)N5CCNCC5)c(C)c4)nccn23)cc1F. The van der Waals surface area contributed by atoms with Crippen molar-refractivity contribution in [1.82, 2.24) is 29.5 Å². The van der Waals surface area contributed by atoms with Gasteiger partial charge >= 0.3 is 0 Å². The van der Waals surface area contributed by atoms with Crippen molar-refractivity contribution in [3.8, 4) is 17.0 Å². The van der Waals surface area contributed by atoms with Crippen LogP contribution in [0, 0.1) is 12.7 Å². The van der Waals surface area contributed by atoms with Crippen LogP contribution in [0.2, 0.25) is 0 Å². The number of methoxy groups -OCH3 is 1. The van der Waals surface area contributed by atoms with Crippen molar-refractivity contribution >= 4 is 29.0 Å². The van der Waals surface area contributed by atoms with Gasteiger partial charge in [-0.2, -0.15) is 0 Å². The lowest BCUT2D eigenvalue weighted by atomic mass is 10.1. The molecule has 0 saturated carbocycles. The van der Waals surface area contributed by atoms with Crippen LogP contribution in [0.15, 0.2) is 55.0 Å². The predicted molar refractivity (Wildman–Crippen MR) is 146 cm³/mol. The smallest absolute Gasteiger partial charge is 0.254 e. The Kier molecular flexibility index (Phi) is 7.42. The molecule has 1 saturated heterocycles. The summed E-state index contributed by atoms with van der Waals surface area (Å²) in [6, 6.07) is 10.1. The summed E-state index contributed by atoms with van der Waals surface area (Å²) in [5, 5.41) is 6.49. The van der Waals surface area contributed by atoms with Gasteiger partial charge in [0.15, 0.2) is 23.0 Å². The number of aromatic nitrogens is 3. The van der Waals surface area contributed by atoms with Gasteiger partial charge in [-0.25, -0.2) is 14.4 Å². The molecule has 1 fully saturated rings. The number of nitrogens with zero attached hydrogens (tertiary/aromatic N) is 5. The highest BCUT2D eigenvalue weighted by Gasteiger charge is 2.22. The van der Waals surface area contributed by atoms with E-state index in [2.05, 4.69) is 20.6 Å². The van der Waals surface area contributed by atoms with Gasteiger partial charge in [0.1, 0.15) is 0 Å². The molecule has 11 heteroatoms. The molecule has 0 unspecified atom stereocenters. The molecule has 1 aliphatic heterocycles. The summed E-state index contributed by atoms with van der Waals surface area (Å²) in [7, 11) is 3.07. The number of benzene rings is 2. The maximum absolute atomic E-state index is 14.3. The molecule has 0 aliphatic carbocycles. The molecule has 5 rings (SSSR count). The van der Waals surface area contributed by atoms with Crippen molar-refractivity contribution in [1.29, 1.82) is 0 Å². The van der Waals surface area contributed by atoms with E-state index in [1.807, 2.05) is 17.4 Å². The van der Waals surface area contributed by atoms with Crippen LogP contribution in [0.5, 0.6) is 5.75 Å². The van der Waals surface area contributed by atoms with Crippen molar-refractivity contribution in [3.05, 3.63) is 71.9 Å². The highest BCUT2D eigenvalue weighted by atomic mass is 19.1. The molecule has 1 aliphatic rings. The number of halogens is 1. The number of carbonyl (C=O) groups is 2. The number of imidazole rings is 1. The van der Waals surface area contributed by atoms with Crippen LogP contribution in [0.25, 0.3) is 16.9 Å². The van der Waals surface area contributed by atoms with Gasteiger partial charge in [-0.1, -0.05) is 0 Å². The monoisotopic (exact) mass is 531 g/mol. The molecular weight excluding hydrogens is 501 g/mol. The number of fused-ring (bicyclic) bond motifs is 1. The first-order valence-corrected chi connectivity index (χ1v) is 12.6. The second-order valence-electron chi connectivity index (χ2n) is 9.41. The van der Waals surface area contributed by atoms with Crippen LogP contribution in [0.4, 0.5) is 15.9 Å². The Morgan fingerprint density at radius 3 is 2.67 bits per heavy atom.